The number of para-hydroxylation sites is 1. The third-order valence-electron chi connectivity index (χ3n) is 5.02. The minimum atomic E-state index is -4.67. The topological polar surface area (TPSA) is 49.3 Å². The Labute approximate surface area is 170 Å². The lowest BCUT2D eigenvalue weighted by molar-refractivity contribution is -0.144. The fraction of sp³-hybridized carbons (Fsp3) is 0.286. The van der Waals surface area contributed by atoms with Gasteiger partial charge in [-0.2, -0.15) is 13.2 Å². The zero-order chi connectivity index (χ0) is 21.3. The number of halogens is 4. The van der Waals surface area contributed by atoms with Crippen molar-refractivity contribution in [1.82, 2.24) is 14.9 Å². The predicted molar refractivity (Wildman–Crippen MR) is 104 cm³/mol. The average Bonchev–Trinajstić information content (AvgIpc) is 2.98. The monoisotopic (exact) mass is 418 g/mol. The first-order chi connectivity index (χ1) is 14.3. The van der Waals surface area contributed by atoms with Crippen LogP contribution in [-0.2, 0) is 6.18 Å². The van der Waals surface area contributed by atoms with E-state index < -0.39 is 23.7 Å². The van der Waals surface area contributed by atoms with Gasteiger partial charge in [-0.1, -0.05) is 24.3 Å². The van der Waals surface area contributed by atoms with E-state index in [2.05, 4.69) is 9.97 Å². The van der Waals surface area contributed by atoms with E-state index in [9.17, 15) is 22.4 Å². The molecule has 0 saturated carbocycles. The van der Waals surface area contributed by atoms with Gasteiger partial charge in [0.15, 0.2) is 0 Å². The van der Waals surface area contributed by atoms with Crippen LogP contribution in [0, 0.1) is 5.82 Å². The molecule has 0 unspecified atom stereocenters. The van der Waals surface area contributed by atoms with E-state index >= 15 is 0 Å². The molecule has 1 aliphatic heterocycles. The predicted octanol–water partition coefficient (Wildman–Crippen LogP) is 4.14. The van der Waals surface area contributed by atoms with Crippen LogP contribution in [0.1, 0.15) is 22.6 Å². The summed E-state index contributed by atoms with van der Waals surface area (Å²) in [5, 5.41) is 0.513. The third kappa shape index (κ3) is 3.92. The van der Waals surface area contributed by atoms with Gasteiger partial charge in [0, 0.05) is 31.6 Å². The number of carbonyl (C=O) groups excluding carboxylic acids is 1. The molecule has 30 heavy (non-hydrogen) atoms. The summed E-state index contributed by atoms with van der Waals surface area (Å²) >= 11 is 0. The maximum absolute atomic E-state index is 14.0. The highest BCUT2D eigenvalue weighted by Gasteiger charge is 2.36. The number of hydrogen-bond acceptors (Lipinski definition) is 4. The number of alkyl halides is 3. The Balaban J connectivity index is 1.63. The van der Waals surface area contributed by atoms with Crippen LogP contribution >= 0.6 is 0 Å². The summed E-state index contributed by atoms with van der Waals surface area (Å²) in [5.74, 6) is -2.04. The van der Waals surface area contributed by atoms with Crippen molar-refractivity contribution in [2.75, 3.05) is 31.1 Å². The molecule has 0 aliphatic carbocycles. The van der Waals surface area contributed by atoms with Gasteiger partial charge in [-0.15, -0.1) is 0 Å². The van der Waals surface area contributed by atoms with Crippen LogP contribution in [0.15, 0.2) is 48.5 Å². The van der Waals surface area contributed by atoms with Gasteiger partial charge in [-0.05, 0) is 30.7 Å². The summed E-state index contributed by atoms with van der Waals surface area (Å²) in [6, 6.07) is 12.3. The molecule has 1 saturated heterocycles. The Kier molecular flexibility index (Phi) is 5.27. The van der Waals surface area contributed by atoms with Gasteiger partial charge in [0.2, 0.25) is 5.82 Å². The second kappa shape index (κ2) is 7.89. The summed E-state index contributed by atoms with van der Waals surface area (Å²) in [4.78, 5) is 23.4. The molecule has 156 valence electrons. The molecule has 0 radical (unpaired) electrons. The number of anilines is 1. The summed E-state index contributed by atoms with van der Waals surface area (Å²) in [6.45, 7) is 1.31. The van der Waals surface area contributed by atoms with Crippen LogP contribution in [-0.4, -0.2) is 47.0 Å². The molecule has 1 aliphatic rings. The SMILES string of the molecule is O=C(c1ccccc1F)N1CCCN(c2nc(C(F)(F)F)nc3ccccc23)CC1. The van der Waals surface area contributed by atoms with Crippen LogP contribution in [0.2, 0.25) is 0 Å². The second-order valence-corrected chi connectivity index (χ2v) is 7.00. The van der Waals surface area contributed by atoms with Crippen LogP contribution < -0.4 is 4.90 Å². The lowest BCUT2D eigenvalue weighted by atomic mass is 10.2. The van der Waals surface area contributed by atoms with Crippen LogP contribution in [0.5, 0.6) is 0 Å². The number of nitrogens with zero attached hydrogens (tertiary/aromatic N) is 4. The minimum Gasteiger partial charge on any atom is -0.354 e. The van der Waals surface area contributed by atoms with Crippen LogP contribution in [0.25, 0.3) is 10.9 Å². The molecule has 4 rings (SSSR count). The van der Waals surface area contributed by atoms with Gasteiger partial charge < -0.3 is 9.80 Å². The first-order valence-corrected chi connectivity index (χ1v) is 9.47. The lowest BCUT2D eigenvalue weighted by Gasteiger charge is -2.24. The zero-order valence-corrected chi connectivity index (χ0v) is 15.9. The molecule has 2 aromatic carbocycles. The molecule has 9 heteroatoms. The average molecular weight is 418 g/mol. The van der Waals surface area contributed by atoms with Crippen molar-refractivity contribution in [3.05, 3.63) is 65.7 Å². The number of hydrogen-bond donors (Lipinski definition) is 0. The van der Waals surface area contributed by atoms with Gasteiger partial charge in [-0.3, -0.25) is 4.79 Å². The van der Waals surface area contributed by atoms with Crippen molar-refractivity contribution in [3.63, 3.8) is 0 Å². The quantitative estimate of drug-likeness (QED) is 0.587. The Hall–Kier alpha value is -3.23. The van der Waals surface area contributed by atoms with Crippen molar-refractivity contribution < 1.29 is 22.4 Å². The number of carbonyl (C=O) groups is 1. The fourth-order valence-electron chi connectivity index (χ4n) is 3.57. The first-order valence-electron chi connectivity index (χ1n) is 9.47. The minimum absolute atomic E-state index is 0.0159. The van der Waals surface area contributed by atoms with Gasteiger partial charge in [0.25, 0.3) is 5.91 Å². The maximum Gasteiger partial charge on any atom is 0.451 e. The smallest absolute Gasteiger partial charge is 0.354 e. The first kappa shape index (κ1) is 20.1. The van der Waals surface area contributed by atoms with Crippen LogP contribution in [0.3, 0.4) is 0 Å². The van der Waals surface area contributed by atoms with Gasteiger partial charge >= 0.3 is 6.18 Å². The highest BCUT2D eigenvalue weighted by Crippen LogP contribution is 2.32. The number of amides is 1. The lowest BCUT2D eigenvalue weighted by Crippen LogP contribution is -2.36. The number of aromatic nitrogens is 2. The molecule has 0 atom stereocenters. The van der Waals surface area contributed by atoms with E-state index in [-0.39, 0.29) is 30.0 Å². The normalized spacial score (nSPS) is 15.3. The van der Waals surface area contributed by atoms with Crippen molar-refractivity contribution >= 4 is 22.6 Å². The molecule has 0 bridgehead atoms. The molecule has 1 fully saturated rings. The highest BCUT2D eigenvalue weighted by molar-refractivity contribution is 5.94. The van der Waals surface area contributed by atoms with Gasteiger partial charge in [-0.25, -0.2) is 14.4 Å². The van der Waals surface area contributed by atoms with E-state index in [1.54, 1.807) is 29.2 Å². The largest absolute Gasteiger partial charge is 0.451 e. The number of fused-ring (bicyclic) bond motifs is 1. The molecule has 3 aromatic rings. The van der Waals surface area contributed by atoms with Gasteiger partial charge in [0.05, 0.1) is 11.1 Å². The molecular formula is C21H18F4N4O. The molecule has 1 aromatic heterocycles. The van der Waals surface area contributed by atoms with Gasteiger partial charge in [0.1, 0.15) is 11.6 Å². The zero-order valence-electron chi connectivity index (χ0n) is 15.9. The Bertz CT molecular complexity index is 1090. The molecule has 0 N–H and O–H groups in total. The van der Waals surface area contributed by atoms with E-state index in [4.69, 9.17) is 0 Å². The van der Waals surface area contributed by atoms with Crippen molar-refractivity contribution in [2.45, 2.75) is 12.6 Å². The summed E-state index contributed by atoms with van der Waals surface area (Å²) in [7, 11) is 0. The standard InChI is InChI=1S/C21H18F4N4O/c22-16-8-3-1-6-14(16)19(30)29-11-5-10-28(12-13-29)18-15-7-2-4-9-17(15)26-20(27-18)21(23,24)25/h1-4,6-9H,5,10-13H2. The van der Waals surface area contributed by atoms with E-state index in [1.807, 2.05) is 0 Å². The summed E-state index contributed by atoms with van der Waals surface area (Å²) < 4.78 is 53.9. The van der Waals surface area contributed by atoms with Crippen molar-refractivity contribution in [2.24, 2.45) is 0 Å². The maximum atomic E-state index is 14.0. The number of benzene rings is 2. The fourth-order valence-corrected chi connectivity index (χ4v) is 3.57. The highest BCUT2D eigenvalue weighted by atomic mass is 19.4. The summed E-state index contributed by atoms with van der Waals surface area (Å²) in [5.41, 5.74) is 0.191. The van der Waals surface area contributed by atoms with Crippen molar-refractivity contribution in [1.29, 1.82) is 0 Å². The van der Waals surface area contributed by atoms with Crippen LogP contribution in [0.4, 0.5) is 23.4 Å². The Morgan fingerprint density at radius 2 is 1.63 bits per heavy atom. The second-order valence-electron chi connectivity index (χ2n) is 7.00. The Morgan fingerprint density at radius 3 is 2.40 bits per heavy atom. The van der Waals surface area contributed by atoms with Crippen molar-refractivity contribution in [3.8, 4) is 0 Å². The molecule has 0 spiro atoms. The molecule has 5 nitrogen and oxygen atoms in total. The molecule has 2 heterocycles. The van der Waals surface area contributed by atoms with E-state index in [0.717, 1.165) is 0 Å². The van der Waals surface area contributed by atoms with E-state index in [1.165, 1.54) is 29.2 Å². The third-order valence-corrected chi connectivity index (χ3v) is 5.02. The number of rotatable bonds is 2. The van der Waals surface area contributed by atoms with E-state index in [0.29, 0.717) is 24.9 Å². The summed E-state index contributed by atoms with van der Waals surface area (Å²) in [6.07, 6.45) is -4.16. The Morgan fingerprint density at radius 1 is 0.900 bits per heavy atom. The molecular weight excluding hydrogens is 400 g/mol. The molecule has 1 amide bonds.